The first-order chi connectivity index (χ1) is 6.81. The molecule has 3 heteroatoms. The molecule has 0 aliphatic carbocycles. The lowest BCUT2D eigenvalue weighted by molar-refractivity contribution is 0.884. The van der Waals surface area contributed by atoms with Crippen molar-refractivity contribution in [3.05, 3.63) is 36.0 Å². The van der Waals surface area contributed by atoms with Crippen molar-refractivity contribution in [1.29, 1.82) is 0 Å². The predicted octanol–water partition coefficient (Wildman–Crippen LogP) is 1.75. The molecule has 0 aliphatic heterocycles. The zero-order valence-corrected chi connectivity index (χ0v) is 8.33. The summed E-state index contributed by atoms with van der Waals surface area (Å²) in [7, 11) is 2.03. The standard InChI is InChI=1S/C11H14BN2/c1-12-11(13)6-8-7-14-10-5-3-2-4-9(8)10/h2-5,7,11,14H,6,13H2,1H3. The molecule has 0 saturated carbocycles. The summed E-state index contributed by atoms with van der Waals surface area (Å²) in [6.07, 6.45) is 2.95. The van der Waals surface area contributed by atoms with Gasteiger partial charge in [-0.2, -0.15) is 0 Å². The van der Waals surface area contributed by atoms with Gasteiger partial charge in [-0.3, -0.25) is 0 Å². The first-order valence-electron chi connectivity index (χ1n) is 4.91. The van der Waals surface area contributed by atoms with Crippen LogP contribution in [0, 0.1) is 0 Å². The van der Waals surface area contributed by atoms with Crippen LogP contribution in [0.25, 0.3) is 10.9 Å². The van der Waals surface area contributed by atoms with Gasteiger partial charge in [0.15, 0.2) is 0 Å². The van der Waals surface area contributed by atoms with E-state index >= 15 is 0 Å². The molecule has 1 heterocycles. The maximum atomic E-state index is 5.89. The highest BCUT2D eigenvalue weighted by Gasteiger charge is 2.06. The second-order valence-corrected chi connectivity index (χ2v) is 3.56. The number of hydrogen-bond donors (Lipinski definition) is 2. The van der Waals surface area contributed by atoms with Crippen LogP contribution in [0.2, 0.25) is 6.82 Å². The van der Waals surface area contributed by atoms with Gasteiger partial charge < -0.3 is 10.7 Å². The summed E-state index contributed by atoms with van der Waals surface area (Å²) in [5.74, 6) is 0.147. The van der Waals surface area contributed by atoms with Crippen LogP contribution in [-0.2, 0) is 6.42 Å². The third-order valence-electron chi connectivity index (χ3n) is 2.56. The molecule has 0 fully saturated rings. The Bertz CT molecular complexity index is 422. The van der Waals surface area contributed by atoms with Gasteiger partial charge in [0.2, 0.25) is 0 Å². The van der Waals surface area contributed by atoms with Gasteiger partial charge >= 0.3 is 0 Å². The SMILES string of the molecule is C[B]C(N)Cc1c[nH]c2ccccc12. The zero-order valence-electron chi connectivity index (χ0n) is 8.33. The molecular formula is C11H14BN2. The van der Waals surface area contributed by atoms with Gasteiger partial charge in [-0.05, 0) is 24.0 Å². The first-order valence-corrected chi connectivity index (χ1v) is 4.91. The third-order valence-corrected chi connectivity index (χ3v) is 2.56. The minimum absolute atomic E-state index is 0.147. The summed E-state index contributed by atoms with van der Waals surface area (Å²) >= 11 is 0. The molecule has 0 amide bonds. The van der Waals surface area contributed by atoms with Gasteiger partial charge in [0.05, 0.1) is 0 Å². The number of hydrogen-bond acceptors (Lipinski definition) is 1. The highest BCUT2D eigenvalue weighted by molar-refractivity contribution is 6.35. The van der Waals surface area contributed by atoms with Crippen LogP contribution in [-0.4, -0.2) is 18.2 Å². The first kappa shape index (κ1) is 9.34. The highest BCUT2D eigenvalue weighted by Crippen LogP contribution is 2.18. The van der Waals surface area contributed by atoms with Gasteiger partial charge in [-0.25, -0.2) is 0 Å². The van der Waals surface area contributed by atoms with E-state index in [1.807, 2.05) is 26.4 Å². The van der Waals surface area contributed by atoms with E-state index in [0.717, 1.165) is 6.42 Å². The van der Waals surface area contributed by atoms with E-state index in [9.17, 15) is 0 Å². The fraction of sp³-hybridized carbons (Fsp3) is 0.273. The lowest BCUT2D eigenvalue weighted by atomic mass is 9.70. The molecule has 2 rings (SSSR count). The smallest absolute Gasteiger partial charge is 0.129 e. The topological polar surface area (TPSA) is 41.8 Å². The molecule has 1 radical (unpaired) electrons. The Balaban J connectivity index is 2.33. The molecular weight excluding hydrogens is 171 g/mol. The van der Waals surface area contributed by atoms with Crippen LogP contribution in [0.1, 0.15) is 5.56 Å². The molecule has 0 aliphatic rings. The van der Waals surface area contributed by atoms with Crippen molar-refractivity contribution in [3.63, 3.8) is 0 Å². The number of H-pyrrole nitrogens is 1. The Morgan fingerprint density at radius 2 is 2.21 bits per heavy atom. The van der Waals surface area contributed by atoms with Crippen LogP contribution in [0.5, 0.6) is 0 Å². The number of benzene rings is 1. The van der Waals surface area contributed by atoms with Crippen LogP contribution in [0.15, 0.2) is 30.5 Å². The Morgan fingerprint density at radius 1 is 1.43 bits per heavy atom. The number of nitrogens with two attached hydrogens (primary N) is 1. The summed E-state index contributed by atoms with van der Waals surface area (Å²) in [6, 6.07) is 8.30. The van der Waals surface area contributed by atoms with Gasteiger partial charge in [-0.15, -0.1) is 0 Å². The van der Waals surface area contributed by atoms with E-state index in [1.54, 1.807) is 0 Å². The molecule has 2 nitrogen and oxygen atoms in total. The van der Waals surface area contributed by atoms with Crippen molar-refractivity contribution in [2.75, 3.05) is 0 Å². The lowest BCUT2D eigenvalue weighted by Gasteiger charge is -2.05. The fourth-order valence-electron chi connectivity index (χ4n) is 1.67. The normalized spacial score (nSPS) is 13.0. The summed E-state index contributed by atoms with van der Waals surface area (Å²) in [6.45, 7) is 2.00. The van der Waals surface area contributed by atoms with E-state index in [0.29, 0.717) is 0 Å². The Hall–Kier alpha value is -1.22. The zero-order chi connectivity index (χ0) is 9.97. The van der Waals surface area contributed by atoms with Gasteiger partial charge in [-0.1, -0.05) is 25.0 Å². The number of rotatable bonds is 3. The monoisotopic (exact) mass is 185 g/mol. The number of aromatic nitrogens is 1. The van der Waals surface area contributed by atoms with E-state index in [-0.39, 0.29) is 5.94 Å². The van der Waals surface area contributed by atoms with E-state index in [1.165, 1.54) is 16.5 Å². The average Bonchev–Trinajstić information content (AvgIpc) is 2.62. The Kier molecular flexibility index (Phi) is 2.59. The van der Waals surface area contributed by atoms with Crippen LogP contribution < -0.4 is 5.73 Å². The molecule has 1 aromatic carbocycles. The maximum Gasteiger partial charge on any atom is 0.129 e. The summed E-state index contributed by atoms with van der Waals surface area (Å²) in [5, 5.41) is 1.28. The van der Waals surface area contributed by atoms with E-state index in [2.05, 4.69) is 23.2 Å². The molecule has 1 atom stereocenters. The van der Waals surface area contributed by atoms with Crippen LogP contribution in [0.3, 0.4) is 0 Å². The molecule has 1 aromatic heterocycles. The van der Waals surface area contributed by atoms with Gasteiger partial charge in [0.25, 0.3) is 0 Å². The van der Waals surface area contributed by atoms with Crippen molar-refractivity contribution in [3.8, 4) is 0 Å². The number of nitrogens with one attached hydrogen (secondary N) is 1. The summed E-state index contributed by atoms with van der Waals surface area (Å²) in [4.78, 5) is 3.25. The minimum atomic E-state index is 0.147. The molecule has 0 spiro atoms. The van der Waals surface area contributed by atoms with E-state index < -0.39 is 0 Å². The lowest BCUT2D eigenvalue weighted by Crippen LogP contribution is -2.27. The van der Waals surface area contributed by atoms with Crippen molar-refractivity contribution in [2.24, 2.45) is 5.73 Å². The van der Waals surface area contributed by atoms with Gasteiger partial charge in [0, 0.05) is 17.1 Å². The molecule has 1 unspecified atom stereocenters. The summed E-state index contributed by atoms with van der Waals surface area (Å²) in [5.41, 5.74) is 8.37. The van der Waals surface area contributed by atoms with E-state index in [4.69, 9.17) is 5.73 Å². The molecule has 71 valence electrons. The fourth-order valence-corrected chi connectivity index (χ4v) is 1.67. The van der Waals surface area contributed by atoms with Crippen molar-refractivity contribution in [1.82, 2.24) is 4.98 Å². The number of para-hydroxylation sites is 1. The number of fused-ring (bicyclic) bond motifs is 1. The number of aromatic amines is 1. The Morgan fingerprint density at radius 3 is 3.00 bits per heavy atom. The second-order valence-electron chi connectivity index (χ2n) is 3.56. The quantitative estimate of drug-likeness (QED) is 0.702. The molecule has 14 heavy (non-hydrogen) atoms. The second kappa shape index (κ2) is 3.88. The molecule has 0 bridgehead atoms. The third kappa shape index (κ3) is 1.68. The van der Waals surface area contributed by atoms with Gasteiger partial charge in [0.1, 0.15) is 7.28 Å². The largest absolute Gasteiger partial charge is 0.361 e. The van der Waals surface area contributed by atoms with Crippen molar-refractivity contribution in [2.45, 2.75) is 19.2 Å². The summed E-state index contributed by atoms with van der Waals surface area (Å²) < 4.78 is 0. The Labute approximate surface area is 84.7 Å². The van der Waals surface area contributed by atoms with Crippen molar-refractivity contribution >= 4 is 18.2 Å². The minimum Gasteiger partial charge on any atom is -0.361 e. The average molecular weight is 185 g/mol. The predicted molar refractivity (Wildman–Crippen MR) is 61.6 cm³/mol. The molecule has 2 aromatic rings. The van der Waals surface area contributed by atoms with Crippen LogP contribution >= 0.6 is 0 Å². The highest BCUT2D eigenvalue weighted by atomic mass is 14.7. The maximum absolute atomic E-state index is 5.89. The molecule has 0 saturated heterocycles. The van der Waals surface area contributed by atoms with Crippen molar-refractivity contribution < 1.29 is 0 Å². The molecule has 3 N–H and O–H groups in total. The van der Waals surface area contributed by atoms with Crippen LogP contribution in [0.4, 0.5) is 0 Å².